The van der Waals surface area contributed by atoms with Crippen molar-refractivity contribution in [3.63, 3.8) is 0 Å². The maximum Gasteiger partial charge on any atom is 0.120 e. The van der Waals surface area contributed by atoms with Crippen molar-refractivity contribution in [1.82, 2.24) is 0 Å². The number of hydrogen-bond acceptors (Lipinski definition) is 2. The third kappa shape index (κ3) is 3.61. The normalized spacial score (nSPS) is 14.1. The largest absolute Gasteiger partial charge is 0.488 e. The zero-order valence-electron chi connectivity index (χ0n) is 12.4. The van der Waals surface area contributed by atoms with E-state index in [1.165, 1.54) is 5.56 Å². The lowest BCUT2D eigenvalue weighted by atomic mass is 9.94. The van der Waals surface area contributed by atoms with Crippen LogP contribution in [0.1, 0.15) is 31.0 Å². The van der Waals surface area contributed by atoms with E-state index in [0.717, 1.165) is 11.3 Å². The number of hydrogen-bond donors (Lipinski definition) is 1. The fourth-order valence-corrected chi connectivity index (χ4v) is 2.26. The second-order valence-electron chi connectivity index (χ2n) is 5.58. The molecule has 2 aromatic carbocycles. The van der Waals surface area contributed by atoms with E-state index in [4.69, 9.17) is 10.5 Å². The summed E-state index contributed by atoms with van der Waals surface area (Å²) < 4.78 is 6.12. The van der Waals surface area contributed by atoms with Crippen molar-refractivity contribution < 1.29 is 4.74 Å². The summed E-state index contributed by atoms with van der Waals surface area (Å²) in [4.78, 5) is 0. The Morgan fingerprint density at radius 3 is 2.05 bits per heavy atom. The van der Waals surface area contributed by atoms with Crippen LogP contribution in [0.2, 0.25) is 0 Å². The predicted molar refractivity (Wildman–Crippen MR) is 83.8 cm³/mol. The van der Waals surface area contributed by atoms with Gasteiger partial charge < -0.3 is 10.5 Å². The van der Waals surface area contributed by atoms with Crippen molar-refractivity contribution in [2.24, 2.45) is 11.7 Å². The molecular weight excluding hydrogens is 246 g/mol. The molecule has 0 bridgehead atoms. The molecule has 0 aromatic heterocycles. The smallest absolute Gasteiger partial charge is 0.120 e. The average molecular weight is 269 g/mol. The lowest BCUT2D eigenvalue weighted by Gasteiger charge is -2.28. The molecule has 0 fully saturated rings. The Balaban J connectivity index is 2.17. The summed E-state index contributed by atoms with van der Waals surface area (Å²) in [6.45, 7) is 6.35. The first kappa shape index (κ1) is 14.6. The van der Waals surface area contributed by atoms with Gasteiger partial charge in [-0.2, -0.15) is 0 Å². The van der Waals surface area contributed by atoms with Crippen LogP contribution in [0.15, 0.2) is 54.6 Å². The second-order valence-corrected chi connectivity index (χ2v) is 5.58. The Bertz CT molecular complexity index is 519. The molecule has 0 radical (unpaired) electrons. The van der Waals surface area contributed by atoms with Crippen LogP contribution in [0.4, 0.5) is 0 Å². The molecule has 0 saturated carbocycles. The van der Waals surface area contributed by atoms with Crippen molar-refractivity contribution in [3.05, 3.63) is 65.7 Å². The molecule has 2 aromatic rings. The lowest BCUT2D eigenvalue weighted by molar-refractivity contribution is 0.123. The van der Waals surface area contributed by atoms with Crippen molar-refractivity contribution in [2.45, 2.75) is 32.9 Å². The summed E-state index contributed by atoms with van der Waals surface area (Å²) in [6.07, 6.45) is -0.0416. The molecular formula is C18H23NO. The molecule has 0 amide bonds. The summed E-state index contributed by atoms with van der Waals surface area (Å²) >= 11 is 0. The summed E-state index contributed by atoms with van der Waals surface area (Å²) in [5.41, 5.74) is 8.73. The molecule has 2 nitrogen and oxygen atoms in total. The number of rotatable bonds is 5. The molecule has 0 aliphatic heterocycles. The van der Waals surface area contributed by atoms with Crippen LogP contribution in [-0.4, -0.2) is 6.10 Å². The zero-order valence-corrected chi connectivity index (χ0v) is 12.4. The van der Waals surface area contributed by atoms with E-state index in [9.17, 15) is 0 Å². The molecule has 0 aliphatic carbocycles. The molecule has 2 unspecified atom stereocenters. The van der Waals surface area contributed by atoms with Crippen LogP contribution >= 0.6 is 0 Å². The third-order valence-corrected chi connectivity index (χ3v) is 3.49. The van der Waals surface area contributed by atoms with Gasteiger partial charge in [-0.3, -0.25) is 0 Å². The SMILES string of the molecule is Cc1ccc(OC(C(C)C)C(N)c2ccccc2)cc1. The number of aryl methyl sites for hydroxylation is 1. The highest BCUT2D eigenvalue weighted by Crippen LogP contribution is 2.25. The van der Waals surface area contributed by atoms with Gasteiger partial charge in [-0.25, -0.2) is 0 Å². The fourth-order valence-electron chi connectivity index (χ4n) is 2.26. The number of benzene rings is 2. The first-order valence-electron chi connectivity index (χ1n) is 7.12. The predicted octanol–water partition coefficient (Wildman–Crippen LogP) is 4.10. The van der Waals surface area contributed by atoms with Gasteiger partial charge in [0.2, 0.25) is 0 Å². The van der Waals surface area contributed by atoms with Crippen LogP contribution in [0.25, 0.3) is 0 Å². The van der Waals surface area contributed by atoms with E-state index in [2.05, 4.69) is 45.0 Å². The average Bonchev–Trinajstić information content (AvgIpc) is 2.46. The standard InChI is InChI=1S/C18H23NO/c1-13(2)18(17(19)15-7-5-4-6-8-15)20-16-11-9-14(3)10-12-16/h4-13,17-18H,19H2,1-3H3. The van der Waals surface area contributed by atoms with E-state index in [0.29, 0.717) is 5.92 Å². The van der Waals surface area contributed by atoms with Gasteiger partial charge in [-0.1, -0.05) is 61.9 Å². The van der Waals surface area contributed by atoms with Crippen molar-refractivity contribution >= 4 is 0 Å². The highest BCUT2D eigenvalue weighted by molar-refractivity contribution is 5.27. The van der Waals surface area contributed by atoms with Gasteiger partial charge in [0.1, 0.15) is 11.9 Å². The molecule has 2 N–H and O–H groups in total. The van der Waals surface area contributed by atoms with Gasteiger partial charge in [0.25, 0.3) is 0 Å². The maximum atomic E-state index is 6.39. The van der Waals surface area contributed by atoms with E-state index < -0.39 is 0 Å². The topological polar surface area (TPSA) is 35.2 Å². The molecule has 0 saturated heterocycles. The van der Waals surface area contributed by atoms with Crippen LogP contribution in [0, 0.1) is 12.8 Å². The molecule has 2 rings (SSSR count). The first-order chi connectivity index (χ1) is 9.58. The summed E-state index contributed by atoms with van der Waals surface area (Å²) in [5.74, 6) is 1.21. The maximum absolute atomic E-state index is 6.39. The van der Waals surface area contributed by atoms with Gasteiger partial charge in [0.15, 0.2) is 0 Å². The molecule has 0 heterocycles. The van der Waals surface area contributed by atoms with E-state index >= 15 is 0 Å². The molecule has 0 spiro atoms. The van der Waals surface area contributed by atoms with E-state index in [1.54, 1.807) is 0 Å². The fraction of sp³-hybridized carbons (Fsp3) is 0.333. The van der Waals surface area contributed by atoms with Crippen molar-refractivity contribution in [2.75, 3.05) is 0 Å². The van der Waals surface area contributed by atoms with Crippen LogP contribution in [0.3, 0.4) is 0 Å². The third-order valence-electron chi connectivity index (χ3n) is 3.49. The van der Waals surface area contributed by atoms with Gasteiger partial charge in [0, 0.05) is 0 Å². The monoisotopic (exact) mass is 269 g/mol. The highest BCUT2D eigenvalue weighted by atomic mass is 16.5. The van der Waals surface area contributed by atoms with Gasteiger partial charge in [0.05, 0.1) is 6.04 Å². The van der Waals surface area contributed by atoms with Gasteiger partial charge >= 0.3 is 0 Å². The van der Waals surface area contributed by atoms with Crippen molar-refractivity contribution in [1.29, 1.82) is 0 Å². The second kappa shape index (κ2) is 6.58. The van der Waals surface area contributed by atoms with Crippen molar-refractivity contribution in [3.8, 4) is 5.75 Å². The molecule has 106 valence electrons. The van der Waals surface area contributed by atoms with E-state index in [-0.39, 0.29) is 12.1 Å². The Morgan fingerprint density at radius 2 is 1.50 bits per heavy atom. The van der Waals surface area contributed by atoms with E-state index in [1.807, 2.05) is 30.3 Å². The molecule has 2 heteroatoms. The Hall–Kier alpha value is -1.80. The molecule has 2 atom stereocenters. The molecule has 20 heavy (non-hydrogen) atoms. The summed E-state index contributed by atoms with van der Waals surface area (Å²) in [5, 5.41) is 0. The number of nitrogens with two attached hydrogens (primary N) is 1. The van der Waals surface area contributed by atoms with Crippen LogP contribution < -0.4 is 10.5 Å². The van der Waals surface area contributed by atoms with Gasteiger partial charge in [-0.15, -0.1) is 0 Å². The first-order valence-corrected chi connectivity index (χ1v) is 7.12. The Morgan fingerprint density at radius 1 is 0.900 bits per heavy atom. The number of ether oxygens (including phenoxy) is 1. The zero-order chi connectivity index (χ0) is 14.5. The lowest BCUT2D eigenvalue weighted by Crippen LogP contribution is -2.35. The minimum Gasteiger partial charge on any atom is -0.488 e. The highest BCUT2D eigenvalue weighted by Gasteiger charge is 2.24. The Kier molecular flexibility index (Phi) is 4.80. The quantitative estimate of drug-likeness (QED) is 0.887. The molecule has 0 aliphatic rings. The van der Waals surface area contributed by atoms with Gasteiger partial charge in [-0.05, 0) is 30.5 Å². The van der Waals surface area contributed by atoms with Crippen LogP contribution in [0.5, 0.6) is 5.75 Å². The summed E-state index contributed by atoms with van der Waals surface area (Å²) in [6, 6.07) is 18.1. The minimum atomic E-state index is -0.127. The Labute approximate surface area is 121 Å². The van der Waals surface area contributed by atoms with Crippen LogP contribution in [-0.2, 0) is 0 Å². The summed E-state index contributed by atoms with van der Waals surface area (Å²) in [7, 11) is 0. The minimum absolute atomic E-state index is 0.0416.